The fourth-order valence-corrected chi connectivity index (χ4v) is 2.47. The van der Waals surface area contributed by atoms with Crippen LogP contribution in [0.5, 0.6) is 11.5 Å². The second kappa shape index (κ2) is 7.15. The molecule has 1 amide bonds. The molecule has 23 heavy (non-hydrogen) atoms. The van der Waals surface area contributed by atoms with Crippen LogP contribution < -0.4 is 9.47 Å². The van der Waals surface area contributed by atoms with Gasteiger partial charge in [-0.05, 0) is 23.8 Å². The largest absolute Gasteiger partial charge is 0.454 e. The van der Waals surface area contributed by atoms with Gasteiger partial charge < -0.3 is 19.1 Å². The fraction of sp³-hybridized carbons (Fsp3) is 0.278. The first-order valence-electron chi connectivity index (χ1n) is 7.49. The van der Waals surface area contributed by atoms with Crippen molar-refractivity contribution in [3.63, 3.8) is 0 Å². The molecule has 1 heterocycles. The summed E-state index contributed by atoms with van der Waals surface area (Å²) in [5.74, 6) is 1.24. The van der Waals surface area contributed by atoms with Crippen LogP contribution in [0.3, 0.4) is 0 Å². The van der Waals surface area contributed by atoms with Crippen molar-refractivity contribution < 1.29 is 19.0 Å². The van der Waals surface area contributed by atoms with Gasteiger partial charge in [-0.1, -0.05) is 30.3 Å². The Morgan fingerprint density at radius 2 is 1.91 bits per heavy atom. The van der Waals surface area contributed by atoms with Crippen molar-refractivity contribution in [1.29, 1.82) is 0 Å². The van der Waals surface area contributed by atoms with E-state index in [9.17, 15) is 4.79 Å². The van der Waals surface area contributed by atoms with E-state index in [0.29, 0.717) is 36.8 Å². The van der Waals surface area contributed by atoms with Gasteiger partial charge in [-0.2, -0.15) is 0 Å². The zero-order valence-electron chi connectivity index (χ0n) is 13.0. The van der Waals surface area contributed by atoms with Crippen LogP contribution in [0.25, 0.3) is 0 Å². The fourth-order valence-electron chi connectivity index (χ4n) is 2.47. The highest BCUT2D eigenvalue weighted by Gasteiger charge is 2.20. The number of rotatable bonds is 6. The maximum Gasteiger partial charge on any atom is 0.254 e. The average Bonchev–Trinajstić information content (AvgIpc) is 3.06. The van der Waals surface area contributed by atoms with E-state index in [4.69, 9.17) is 14.2 Å². The molecule has 120 valence electrons. The molecule has 1 aliphatic rings. The third-order valence-electron chi connectivity index (χ3n) is 3.69. The number of carbonyl (C=O) groups is 1. The molecule has 2 aromatic carbocycles. The first kappa shape index (κ1) is 15.4. The second-order valence-corrected chi connectivity index (χ2v) is 5.27. The standard InChI is InChI=1S/C18H19NO4/c1-21-10-9-19(12-14-5-3-2-4-6-14)18(20)15-7-8-16-17(11-15)23-13-22-16/h2-8,11H,9-10,12-13H2,1H3. The van der Waals surface area contributed by atoms with Crippen molar-refractivity contribution in [2.75, 3.05) is 27.1 Å². The molecule has 0 saturated heterocycles. The molecule has 0 aliphatic carbocycles. The number of amides is 1. The molecule has 0 unspecified atom stereocenters. The minimum atomic E-state index is -0.0517. The van der Waals surface area contributed by atoms with Crippen LogP contribution in [0.4, 0.5) is 0 Å². The molecule has 5 nitrogen and oxygen atoms in total. The number of nitrogens with zero attached hydrogens (tertiary/aromatic N) is 1. The lowest BCUT2D eigenvalue weighted by atomic mass is 10.1. The lowest BCUT2D eigenvalue weighted by Crippen LogP contribution is -2.33. The summed E-state index contributed by atoms with van der Waals surface area (Å²) in [6, 6.07) is 15.2. The van der Waals surface area contributed by atoms with Crippen LogP contribution >= 0.6 is 0 Å². The van der Waals surface area contributed by atoms with Crippen LogP contribution in [0.15, 0.2) is 48.5 Å². The first-order valence-corrected chi connectivity index (χ1v) is 7.49. The normalized spacial score (nSPS) is 12.2. The number of fused-ring (bicyclic) bond motifs is 1. The number of hydrogen-bond donors (Lipinski definition) is 0. The quantitative estimate of drug-likeness (QED) is 0.823. The number of benzene rings is 2. The molecule has 0 spiro atoms. The zero-order chi connectivity index (χ0) is 16.1. The summed E-state index contributed by atoms with van der Waals surface area (Å²) >= 11 is 0. The van der Waals surface area contributed by atoms with Gasteiger partial charge in [0.25, 0.3) is 5.91 Å². The Labute approximate surface area is 135 Å². The molecule has 1 aliphatic heterocycles. The van der Waals surface area contributed by atoms with Crippen molar-refractivity contribution in [1.82, 2.24) is 4.90 Å². The monoisotopic (exact) mass is 313 g/mol. The minimum absolute atomic E-state index is 0.0517. The number of hydrogen-bond acceptors (Lipinski definition) is 4. The molecule has 0 aromatic heterocycles. The number of carbonyl (C=O) groups excluding carboxylic acids is 1. The van der Waals surface area contributed by atoms with Crippen LogP contribution in [0, 0.1) is 0 Å². The van der Waals surface area contributed by atoms with Crippen molar-refractivity contribution in [3.05, 3.63) is 59.7 Å². The summed E-state index contributed by atoms with van der Waals surface area (Å²) in [4.78, 5) is 14.6. The third-order valence-corrected chi connectivity index (χ3v) is 3.69. The van der Waals surface area contributed by atoms with Crippen molar-refractivity contribution in [3.8, 4) is 11.5 Å². The van der Waals surface area contributed by atoms with Gasteiger partial charge in [-0.15, -0.1) is 0 Å². The summed E-state index contributed by atoms with van der Waals surface area (Å²) in [5.41, 5.74) is 1.67. The molecule has 0 fully saturated rings. The van der Waals surface area contributed by atoms with Gasteiger partial charge in [0.1, 0.15) is 0 Å². The van der Waals surface area contributed by atoms with E-state index < -0.39 is 0 Å². The molecular weight excluding hydrogens is 294 g/mol. The molecule has 2 aromatic rings. The highest BCUT2D eigenvalue weighted by Crippen LogP contribution is 2.32. The molecule has 0 radical (unpaired) electrons. The number of methoxy groups -OCH3 is 1. The van der Waals surface area contributed by atoms with Gasteiger partial charge in [0.2, 0.25) is 6.79 Å². The van der Waals surface area contributed by atoms with Gasteiger partial charge in [0, 0.05) is 25.8 Å². The summed E-state index contributed by atoms with van der Waals surface area (Å²) in [7, 11) is 1.63. The predicted octanol–water partition coefficient (Wildman–Crippen LogP) is 2.70. The van der Waals surface area contributed by atoms with E-state index in [2.05, 4.69) is 0 Å². The molecule has 5 heteroatoms. The average molecular weight is 313 g/mol. The Morgan fingerprint density at radius 1 is 1.13 bits per heavy atom. The first-order chi connectivity index (χ1) is 11.3. The van der Waals surface area contributed by atoms with Gasteiger partial charge in [-0.25, -0.2) is 0 Å². The summed E-state index contributed by atoms with van der Waals surface area (Å²) < 4.78 is 15.8. The molecule has 0 N–H and O–H groups in total. The Balaban J connectivity index is 1.79. The van der Waals surface area contributed by atoms with E-state index in [0.717, 1.165) is 5.56 Å². The Hall–Kier alpha value is -2.53. The number of ether oxygens (including phenoxy) is 3. The maximum atomic E-state index is 12.8. The van der Waals surface area contributed by atoms with Crippen molar-refractivity contribution in [2.45, 2.75) is 6.54 Å². The topological polar surface area (TPSA) is 48.0 Å². The minimum Gasteiger partial charge on any atom is -0.454 e. The molecule has 3 rings (SSSR count). The van der Waals surface area contributed by atoms with Crippen molar-refractivity contribution in [2.24, 2.45) is 0 Å². The zero-order valence-corrected chi connectivity index (χ0v) is 13.0. The summed E-state index contributed by atoms with van der Waals surface area (Å²) in [6.45, 7) is 1.75. The van der Waals surface area contributed by atoms with Crippen LogP contribution in [-0.2, 0) is 11.3 Å². The Bertz CT molecular complexity index is 672. The van der Waals surface area contributed by atoms with E-state index in [1.807, 2.05) is 30.3 Å². The van der Waals surface area contributed by atoms with E-state index in [1.54, 1.807) is 30.2 Å². The molecular formula is C18H19NO4. The third kappa shape index (κ3) is 3.63. The summed E-state index contributed by atoms with van der Waals surface area (Å²) in [6.07, 6.45) is 0. The highest BCUT2D eigenvalue weighted by molar-refractivity contribution is 5.95. The Kier molecular flexibility index (Phi) is 4.78. The van der Waals surface area contributed by atoms with Crippen LogP contribution in [0.2, 0.25) is 0 Å². The van der Waals surface area contributed by atoms with Gasteiger partial charge in [0.05, 0.1) is 6.61 Å². The van der Waals surface area contributed by atoms with Gasteiger partial charge in [0.15, 0.2) is 11.5 Å². The predicted molar refractivity (Wildman–Crippen MR) is 85.6 cm³/mol. The maximum absolute atomic E-state index is 12.8. The molecule has 0 atom stereocenters. The van der Waals surface area contributed by atoms with Crippen molar-refractivity contribution >= 4 is 5.91 Å². The van der Waals surface area contributed by atoms with Crippen LogP contribution in [-0.4, -0.2) is 37.9 Å². The second-order valence-electron chi connectivity index (χ2n) is 5.27. The van der Waals surface area contributed by atoms with Crippen LogP contribution in [0.1, 0.15) is 15.9 Å². The highest BCUT2D eigenvalue weighted by atomic mass is 16.7. The van der Waals surface area contributed by atoms with Gasteiger partial charge >= 0.3 is 0 Å². The summed E-state index contributed by atoms with van der Waals surface area (Å²) in [5, 5.41) is 0. The lowest BCUT2D eigenvalue weighted by molar-refractivity contribution is 0.0680. The Morgan fingerprint density at radius 3 is 2.70 bits per heavy atom. The smallest absolute Gasteiger partial charge is 0.254 e. The van der Waals surface area contributed by atoms with E-state index in [1.165, 1.54) is 0 Å². The van der Waals surface area contributed by atoms with E-state index in [-0.39, 0.29) is 12.7 Å². The SMILES string of the molecule is COCCN(Cc1ccccc1)C(=O)c1ccc2c(c1)OCO2. The lowest BCUT2D eigenvalue weighted by Gasteiger charge is -2.22. The molecule has 0 bridgehead atoms. The van der Waals surface area contributed by atoms with Gasteiger partial charge in [-0.3, -0.25) is 4.79 Å². The van der Waals surface area contributed by atoms with E-state index >= 15 is 0 Å². The molecule has 0 saturated carbocycles.